The molecule has 1 aliphatic heterocycles. The number of anilines is 1. The molecule has 2 aromatic carbocycles. The number of esters is 1. The van der Waals surface area contributed by atoms with Gasteiger partial charge in [-0.05, 0) is 49.7 Å². The van der Waals surface area contributed by atoms with E-state index in [4.69, 9.17) is 16.3 Å². The first-order valence-electron chi connectivity index (χ1n) is 11.7. The fourth-order valence-electron chi connectivity index (χ4n) is 4.21. The van der Waals surface area contributed by atoms with Gasteiger partial charge in [-0.1, -0.05) is 29.8 Å². The fourth-order valence-corrected chi connectivity index (χ4v) is 4.46. The van der Waals surface area contributed by atoms with Crippen molar-refractivity contribution < 1.29 is 19.1 Å². The molecular weight excluding hydrogens is 482 g/mol. The second-order valence-electron chi connectivity index (χ2n) is 8.44. The summed E-state index contributed by atoms with van der Waals surface area (Å²) in [6, 6.07) is 14.3. The Morgan fingerprint density at radius 1 is 1.14 bits per heavy atom. The van der Waals surface area contributed by atoms with Gasteiger partial charge < -0.3 is 14.5 Å². The maximum atomic E-state index is 13.7. The molecule has 4 rings (SSSR count). The van der Waals surface area contributed by atoms with E-state index in [0.717, 1.165) is 16.9 Å². The molecule has 1 aromatic heterocycles. The molecule has 2 heterocycles. The van der Waals surface area contributed by atoms with Gasteiger partial charge in [0.05, 0.1) is 36.0 Å². The number of carbonyl (C=O) groups excluding carboxylic acids is 3. The zero-order valence-corrected chi connectivity index (χ0v) is 20.9. The number of ether oxygens (including phenoxy) is 1. The molecule has 0 unspecified atom stereocenters. The van der Waals surface area contributed by atoms with Crippen LogP contribution in [0.15, 0.2) is 60.9 Å². The van der Waals surface area contributed by atoms with Crippen LogP contribution in [0.4, 0.5) is 5.69 Å². The van der Waals surface area contributed by atoms with Gasteiger partial charge in [0, 0.05) is 37.2 Å². The largest absolute Gasteiger partial charge is 0.465 e. The first kappa shape index (κ1) is 25.4. The van der Waals surface area contributed by atoms with Crippen molar-refractivity contribution in [3.8, 4) is 5.69 Å². The lowest BCUT2D eigenvalue weighted by atomic mass is 10.1. The quantitative estimate of drug-likeness (QED) is 0.492. The normalized spacial score (nSPS) is 15.2. The lowest BCUT2D eigenvalue weighted by Gasteiger charge is -2.29. The molecule has 0 spiro atoms. The van der Waals surface area contributed by atoms with Gasteiger partial charge >= 0.3 is 5.97 Å². The minimum Gasteiger partial charge on any atom is -0.465 e. The van der Waals surface area contributed by atoms with E-state index in [1.807, 2.05) is 37.3 Å². The molecule has 1 atom stereocenters. The standard InChI is InChI=1S/C26H28ClN5O4/c1-3-36-25(34)15-28-14-24(33)30-17-19-7-4-5-8-23(19)31(16-18(30)2)26(35)21-10-9-20(13-22(21)27)32-12-6-11-29-32/h4-13,18,28H,3,14-17H2,1-2H3/t18-/m1/s1. The number of para-hydroxylation sites is 1. The number of carbonyl (C=O) groups is 3. The summed E-state index contributed by atoms with van der Waals surface area (Å²) in [5, 5.41) is 7.37. The first-order chi connectivity index (χ1) is 17.4. The van der Waals surface area contributed by atoms with Crippen molar-refractivity contribution in [1.82, 2.24) is 20.0 Å². The predicted molar refractivity (Wildman–Crippen MR) is 136 cm³/mol. The van der Waals surface area contributed by atoms with Crippen LogP contribution in [0.25, 0.3) is 5.69 Å². The Morgan fingerprint density at radius 2 is 1.94 bits per heavy atom. The van der Waals surface area contributed by atoms with Gasteiger partial charge in [-0.15, -0.1) is 0 Å². The summed E-state index contributed by atoms with van der Waals surface area (Å²) in [5.41, 5.74) is 2.69. The van der Waals surface area contributed by atoms with E-state index in [9.17, 15) is 14.4 Å². The zero-order chi connectivity index (χ0) is 25.7. The van der Waals surface area contributed by atoms with Gasteiger partial charge in [-0.2, -0.15) is 5.10 Å². The molecule has 0 radical (unpaired) electrons. The van der Waals surface area contributed by atoms with Crippen LogP contribution in [0.5, 0.6) is 0 Å². The number of nitrogens with zero attached hydrogens (tertiary/aromatic N) is 4. The monoisotopic (exact) mass is 509 g/mol. The Kier molecular flexibility index (Phi) is 8.02. The number of benzene rings is 2. The smallest absolute Gasteiger partial charge is 0.319 e. The van der Waals surface area contributed by atoms with Crippen molar-refractivity contribution in [3.63, 3.8) is 0 Å². The minimum atomic E-state index is -0.410. The van der Waals surface area contributed by atoms with Crippen LogP contribution in [-0.2, 0) is 20.9 Å². The molecule has 0 saturated carbocycles. The number of rotatable bonds is 7. The lowest BCUT2D eigenvalue weighted by molar-refractivity contribution is -0.142. The number of hydrogen-bond acceptors (Lipinski definition) is 6. The molecule has 0 fully saturated rings. The average Bonchev–Trinajstić information content (AvgIpc) is 3.36. The molecule has 1 aliphatic rings. The lowest BCUT2D eigenvalue weighted by Crippen LogP contribution is -2.47. The van der Waals surface area contributed by atoms with E-state index in [2.05, 4.69) is 10.4 Å². The van der Waals surface area contributed by atoms with Gasteiger partial charge in [0.1, 0.15) is 0 Å². The van der Waals surface area contributed by atoms with Gasteiger partial charge in [-0.25, -0.2) is 4.68 Å². The molecule has 3 aromatic rings. The Labute approximate surface area is 214 Å². The van der Waals surface area contributed by atoms with Gasteiger partial charge in [0.15, 0.2) is 0 Å². The average molecular weight is 510 g/mol. The SMILES string of the molecule is CCOC(=O)CNCC(=O)N1Cc2ccccc2N(C(=O)c2ccc(-n3cccn3)cc2Cl)C[C@H]1C. The maximum Gasteiger partial charge on any atom is 0.319 e. The minimum absolute atomic E-state index is 0.0139. The van der Waals surface area contributed by atoms with E-state index in [1.165, 1.54) is 0 Å². The van der Waals surface area contributed by atoms with E-state index in [-0.39, 0.29) is 44.1 Å². The van der Waals surface area contributed by atoms with Crippen molar-refractivity contribution in [2.45, 2.75) is 26.4 Å². The Balaban J connectivity index is 1.55. The summed E-state index contributed by atoms with van der Waals surface area (Å²) < 4.78 is 6.56. The molecule has 0 aliphatic carbocycles. The van der Waals surface area contributed by atoms with Crippen LogP contribution in [0.2, 0.25) is 5.02 Å². The third-order valence-electron chi connectivity index (χ3n) is 5.97. The van der Waals surface area contributed by atoms with Crippen molar-refractivity contribution in [3.05, 3.63) is 77.1 Å². The zero-order valence-electron chi connectivity index (χ0n) is 20.2. The van der Waals surface area contributed by atoms with Gasteiger partial charge in [0.2, 0.25) is 5.91 Å². The summed E-state index contributed by atoms with van der Waals surface area (Å²) >= 11 is 6.55. The van der Waals surface area contributed by atoms with Gasteiger partial charge in [0.25, 0.3) is 5.91 Å². The highest BCUT2D eigenvalue weighted by molar-refractivity contribution is 6.34. The molecular formula is C26H28ClN5O4. The second kappa shape index (κ2) is 11.4. The second-order valence-corrected chi connectivity index (χ2v) is 8.85. The first-order valence-corrected chi connectivity index (χ1v) is 12.1. The van der Waals surface area contributed by atoms with E-state index < -0.39 is 5.97 Å². The Hall–Kier alpha value is -3.69. The highest BCUT2D eigenvalue weighted by Crippen LogP contribution is 2.30. The van der Waals surface area contributed by atoms with E-state index in [0.29, 0.717) is 17.1 Å². The van der Waals surface area contributed by atoms with Crippen LogP contribution in [0, 0.1) is 0 Å². The maximum absolute atomic E-state index is 13.7. The number of halogens is 1. The summed E-state index contributed by atoms with van der Waals surface area (Å²) in [6.45, 7) is 4.49. The summed E-state index contributed by atoms with van der Waals surface area (Å²) in [7, 11) is 0. The molecule has 9 nitrogen and oxygen atoms in total. The van der Waals surface area contributed by atoms with Crippen LogP contribution in [-0.4, -0.2) is 64.7 Å². The van der Waals surface area contributed by atoms with Crippen LogP contribution in [0.1, 0.15) is 29.8 Å². The molecule has 36 heavy (non-hydrogen) atoms. The molecule has 10 heteroatoms. The molecule has 2 amide bonds. The van der Waals surface area contributed by atoms with Crippen molar-refractivity contribution in [1.29, 1.82) is 0 Å². The number of aromatic nitrogens is 2. The fraction of sp³-hybridized carbons (Fsp3) is 0.308. The number of hydrogen-bond donors (Lipinski definition) is 1. The van der Waals surface area contributed by atoms with Crippen molar-refractivity contribution in [2.24, 2.45) is 0 Å². The number of fused-ring (bicyclic) bond motifs is 1. The van der Waals surface area contributed by atoms with Crippen LogP contribution < -0.4 is 10.2 Å². The Bertz CT molecular complexity index is 1250. The summed E-state index contributed by atoms with van der Waals surface area (Å²) in [5.74, 6) is -0.828. The Morgan fingerprint density at radius 3 is 2.67 bits per heavy atom. The van der Waals surface area contributed by atoms with E-state index in [1.54, 1.807) is 52.0 Å². The topological polar surface area (TPSA) is 96.8 Å². The van der Waals surface area contributed by atoms with Crippen molar-refractivity contribution in [2.75, 3.05) is 31.1 Å². The number of nitrogens with one attached hydrogen (secondary N) is 1. The van der Waals surface area contributed by atoms with Crippen LogP contribution >= 0.6 is 11.6 Å². The predicted octanol–water partition coefficient (Wildman–Crippen LogP) is 3.06. The third kappa shape index (κ3) is 5.58. The van der Waals surface area contributed by atoms with Crippen LogP contribution in [0.3, 0.4) is 0 Å². The summed E-state index contributed by atoms with van der Waals surface area (Å²) in [4.78, 5) is 41.7. The molecule has 0 bridgehead atoms. The van der Waals surface area contributed by atoms with E-state index >= 15 is 0 Å². The van der Waals surface area contributed by atoms with Gasteiger partial charge in [-0.3, -0.25) is 19.7 Å². The molecule has 1 N–H and O–H groups in total. The van der Waals surface area contributed by atoms with Crippen molar-refractivity contribution >= 4 is 35.1 Å². The number of amides is 2. The molecule has 188 valence electrons. The third-order valence-corrected chi connectivity index (χ3v) is 6.28. The molecule has 0 saturated heterocycles. The highest BCUT2D eigenvalue weighted by atomic mass is 35.5. The summed E-state index contributed by atoms with van der Waals surface area (Å²) in [6.07, 6.45) is 3.47. The highest BCUT2D eigenvalue weighted by Gasteiger charge is 2.32.